The van der Waals surface area contributed by atoms with E-state index >= 15 is 0 Å². The molecule has 1 amide bonds. The summed E-state index contributed by atoms with van der Waals surface area (Å²) < 4.78 is 0. The molecule has 0 bridgehead atoms. The summed E-state index contributed by atoms with van der Waals surface area (Å²) >= 11 is 0. The number of hydrogen-bond acceptors (Lipinski definition) is 2. The molecular formula is C19H22N2O. The van der Waals surface area contributed by atoms with Crippen molar-refractivity contribution in [3.05, 3.63) is 59.2 Å². The molecule has 3 rings (SSSR count). The molecule has 0 atom stereocenters. The number of aryl methyl sites for hydroxylation is 2. The third-order valence-corrected chi connectivity index (χ3v) is 4.23. The Morgan fingerprint density at radius 1 is 1.05 bits per heavy atom. The van der Waals surface area contributed by atoms with Gasteiger partial charge < -0.3 is 10.2 Å². The van der Waals surface area contributed by atoms with Crippen molar-refractivity contribution in [1.29, 1.82) is 0 Å². The summed E-state index contributed by atoms with van der Waals surface area (Å²) in [5.41, 5.74) is 4.94. The van der Waals surface area contributed by atoms with E-state index in [4.69, 9.17) is 0 Å². The van der Waals surface area contributed by atoms with Crippen molar-refractivity contribution in [2.45, 2.75) is 26.7 Å². The number of nitrogens with zero attached hydrogens (tertiary/aromatic N) is 1. The van der Waals surface area contributed by atoms with E-state index in [0.29, 0.717) is 0 Å². The number of nitrogens with one attached hydrogen (secondary N) is 1. The molecule has 114 valence electrons. The first-order valence-electron chi connectivity index (χ1n) is 7.88. The van der Waals surface area contributed by atoms with E-state index < -0.39 is 0 Å². The van der Waals surface area contributed by atoms with Gasteiger partial charge in [0, 0.05) is 18.7 Å². The van der Waals surface area contributed by atoms with Crippen molar-refractivity contribution >= 4 is 17.3 Å². The molecule has 1 saturated heterocycles. The Hall–Kier alpha value is -2.29. The first-order valence-corrected chi connectivity index (χ1v) is 7.88. The molecule has 1 aliphatic rings. The molecule has 0 saturated carbocycles. The van der Waals surface area contributed by atoms with Gasteiger partial charge in [-0.25, -0.2) is 0 Å². The predicted molar refractivity (Wildman–Crippen MR) is 91.8 cm³/mol. The highest BCUT2D eigenvalue weighted by atomic mass is 16.1. The molecule has 1 fully saturated rings. The summed E-state index contributed by atoms with van der Waals surface area (Å²) in [5, 5.41) is 3.08. The average molecular weight is 294 g/mol. The summed E-state index contributed by atoms with van der Waals surface area (Å²) in [6.45, 7) is 6.15. The van der Waals surface area contributed by atoms with Gasteiger partial charge in [-0.05, 0) is 50.5 Å². The van der Waals surface area contributed by atoms with Gasteiger partial charge in [0.25, 0.3) is 5.91 Å². The largest absolute Gasteiger partial charge is 0.370 e. The van der Waals surface area contributed by atoms with E-state index in [1.54, 1.807) is 0 Å². The molecule has 0 radical (unpaired) electrons. The molecule has 0 aliphatic carbocycles. The zero-order valence-electron chi connectivity index (χ0n) is 13.2. The molecule has 3 nitrogen and oxygen atoms in total. The Morgan fingerprint density at radius 2 is 1.77 bits per heavy atom. The smallest absolute Gasteiger partial charge is 0.255 e. The lowest BCUT2D eigenvalue weighted by molar-refractivity contribution is 0.102. The normalized spacial score (nSPS) is 14.2. The first-order chi connectivity index (χ1) is 10.6. The Kier molecular flexibility index (Phi) is 4.14. The molecule has 22 heavy (non-hydrogen) atoms. The van der Waals surface area contributed by atoms with Crippen LogP contribution in [0.15, 0.2) is 42.5 Å². The van der Waals surface area contributed by atoms with E-state index in [9.17, 15) is 4.79 Å². The second-order valence-corrected chi connectivity index (χ2v) is 5.98. The Labute approximate surface area is 132 Å². The summed E-state index contributed by atoms with van der Waals surface area (Å²) in [6, 6.07) is 14.0. The fourth-order valence-electron chi connectivity index (χ4n) is 3.07. The lowest BCUT2D eigenvalue weighted by Crippen LogP contribution is -2.21. The maximum Gasteiger partial charge on any atom is 0.255 e. The van der Waals surface area contributed by atoms with Gasteiger partial charge in [-0.2, -0.15) is 0 Å². The van der Waals surface area contributed by atoms with Crippen molar-refractivity contribution in [3.8, 4) is 0 Å². The number of carbonyl (C=O) groups is 1. The summed E-state index contributed by atoms with van der Waals surface area (Å²) in [6.07, 6.45) is 2.44. The molecule has 0 aromatic heterocycles. The van der Waals surface area contributed by atoms with Gasteiger partial charge in [-0.3, -0.25) is 4.79 Å². The first kappa shape index (κ1) is 14.6. The lowest BCUT2D eigenvalue weighted by Gasteiger charge is -2.21. The van der Waals surface area contributed by atoms with Crippen molar-refractivity contribution in [2.24, 2.45) is 0 Å². The minimum atomic E-state index is -0.0378. The monoisotopic (exact) mass is 294 g/mol. The molecule has 3 heteroatoms. The van der Waals surface area contributed by atoms with E-state index in [2.05, 4.69) is 16.3 Å². The van der Waals surface area contributed by atoms with Gasteiger partial charge in [0.2, 0.25) is 0 Å². The van der Waals surface area contributed by atoms with Gasteiger partial charge in [0.1, 0.15) is 0 Å². The maximum absolute atomic E-state index is 12.6. The third-order valence-electron chi connectivity index (χ3n) is 4.23. The van der Waals surface area contributed by atoms with E-state index in [1.807, 2.05) is 50.2 Å². The molecule has 0 unspecified atom stereocenters. The second kappa shape index (κ2) is 6.22. The highest BCUT2D eigenvalue weighted by Gasteiger charge is 2.17. The van der Waals surface area contributed by atoms with Crippen LogP contribution in [0.25, 0.3) is 0 Å². The number of carbonyl (C=O) groups excluding carboxylic acids is 1. The van der Waals surface area contributed by atoms with Crippen molar-refractivity contribution in [3.63, 3.8) is 0 Å². The van der Waals surface area contributed by atoms with E-state index in [0.717, 1.165) is 35.6 Å². The van der Waals surface area contributed by atoms with E-state index in [1.165, 1.54) is 18.4 Å². The zero-order chi connectivity index (χ0) is 15.5. The molecule has 1 N–H and O–H groups in total. The van der Waals surface area contributed by atoms with Crippen LogP contribution >= 0.6 is 0 Å². The molecule has 2 aromatic carbocycles. The Morgan fingerprint density at radius 3 is 2.50 bits per heavy atom. The minimum absolute atomic E-state index is 0.0378. The highest BCUT2D eigenvalue weighted by molar-refractivity contribution is 6.06. The predicted octanol–water partition coefficient (Wildman–Crippen LogP) is 4.16. The molecule has 1 heterocycles. The molecule has 2 aromatic rings. The summed E-state index contributed by atoms with van der Waals surface area (Å²) in [5.74, 6) is -0.0378. The summed E-state index contributed by atoms with van der Waals surface area (Å²) in [7, 11) is 0. The van der Waals surface area contributed by atoms with Crippen LogP contribution in [0.5, 0.6) is 0 Å². The second-order valence-electron chi connectivity index (χ2n) is 5.98. The van der Waals surface area contributed by atoms with Gasteiger partial charge >= 0.3 is 0 Å². The van der Waals surface area contributed by atoms with Crippen molar-refractivity contribution in [1.82, 2.24) is 0 Å². The van der Waals surface area contributed by atoms with Crippen LogP contribution < -0.4 is 10.2 Å². The van der Waals surface area contributed by atoms with Crippen LogP contribution in [-0.2, 0) is 0 Å². The van der Waals surface area contributed by atoms with Crippen LogP contribution in [-0.4, -0.2) is 19.0 Å². The zero-order valence-corrected chi connectivity index (χ0v) is 13.2. The number of anilines is 2. The maximum atomic E-state index is 12.6. The number of benzene rings is 2. The van der Waals surface area contributed by atoms with Crippen molar-refractivity contribution in [2.75, 3.05) is 23.3 Å². The highest BCUT2D eigenvalue weighted by Crippen LogP contribution is 2.29. The SMILES string of the molecule is Cc1ccc(C(=O)Nc2ccccc2N2CCCC2)c(C)c1. The molecule has 0 spiro atoms. The fraction of sp³-hybridized carbons (Fsp3) is 0.316. The Bertz CT molecular complexity index is 688. The summed E-state index contributed by atoms with van der Waals surface area (Å²) in [4.78, 5) is 14.9. The minimum Gasteiger partial charge on any atom is -0.370 e. The average Bonchev–Trinajstić information content (AvgIpc) is 3.01. The van der Waals surface area contributed by atoms with Crippen LogP contribution in [0.1, 0.15) is 34.3 Å². The van der Waals surface area contributed by atoms with Gasteiger partial charge in [0.15, 0.2) is 0 Å². The third kappa shape index (κ3) is 2.98. The van der Waals surface area contributed by atoms with Crippen molar-refractivity contribution < 1.29 is 4.79 Å². The number of rotatable bonds is 3. The Balaban J connectivity index is 1.85. The molecular weight excluding hydrogens is 272 g/mol. The topological polar surface area (TPSA) is 32.3 Å². The quantitative estimate of drug-likeness (QED) is 0.922. The van der Waals surface area contributed by atoms with Gasteiger partial charge in [0.05, 0.1) is 11.4 Å². The number of hydrogen-bond donors (Lipinski definition) is 1. The van der Waals surface area contributed by atoms with E-state index in [-0.39, 0.29) is 5.91 Å². The van der Waals surface area contributed by atoms with Crippen LogP contribution in [0.2, 0.25) is 0 Å². The lowest BCUT2D eigenvalue weighted by atomic mass is 10.1. The van der Waals surface area contributed by atoms with Crippen LogP contribution in [0.3, 0.4) is 0 Å². The van der Waals surface area contributed by atoms with Crippen LogP contribution in [0, 0.1) is 13.8 Å². The number of amides is 1. The van der Waals surface area contributed by atoms with Crippen LogP contribution in [0.4, 0.5) is 11.4 Å². The van der Waals surface area contributed by atoms with Gasteiger partial charge in [-0.1, -0.05) is 29.8 Å². The molecule has 1 aliphatic heterocycles. The number of para-hydroxylation sites is 2. The van der Waals surface area contributed by atoms with Gasteiger partial charge in [-0.15, -0.1) is 0 Å². The fourth-order valence-corrected chi connectivity index (χ4v) is 3.07. The standard InChI is InChI=1S/C19H22N2O/c1-14-9-10-16(15(2)13-14)19(22)20-17-7-3-4-8-18(17)21-11-5-6-12-21/h3-4,7-10,13H,5-6,11-12H2,1-2H3,(H,20,22).